The third-order valence-electron chi connectivity index (χ3n) is 11.8. The van der Waals surface area contributed by atoms with Crippen LogP contribution in [0.25, 0.3) is 0 Å². The number of allylic oxidation sites excluding steroid dienone is 2. The first-order chi connectivity index (χ1) is 30.3. The summed E-state index contributed by atoms with van der Waals surface area (Å²) < 4.78 is 5.35. The number of aliphatic carboxylic acids is 1. The van der Waals surface area contributed by atoms with Gasteiger partial charge in [0.2, 0.25) is 23.4 Å². The van der Waals surface area contributed by atoms with E-state index in [0.29, 0.717) is 89.9 Å². The van der Waals surface area contributed by atoms with Crippen LogP contribution in [0.3, 0.4) is 0 Å². The Balaban J connectivity index is 1.11. The zero-order valence-corrected chi connectivity index (χ0v) is 37.9. The SMILES string of the molecule is C=C(C)COCCC(=O)NCCCNC(=O)CCCC(=O)N1CCN(c2cc([NH+]=C(C)/C=C(/C)N)cc([C@H](CC(=O)O)CN3CCC(CCc4ccc5c(n4)NCCC5)C3)c2)CC1. The molecule has 2 atom stereocenters. The summed E-state index contributed by atoms with van der Waals surface area (Å²) in [7, 11) is 0. The first-order valence-electron chi connectivity index (χ1n) is 23.0. The number of hydrogen-bond acceptors (Lipinski definition) is 10. The largest absolute Gasteiger partial charge is 0.481 e. The summed E-state index contributed by atoms with van der Waals surface area (Å²) in [5.41, 5.74) is 13.7. The molecule has 1 aromatic heterocycles. The number of rotatable bonds is 24. The van der Waals surface area contributed by atoms with Gasteiger partial charge in [0.25, 0.3) is 0 Å². The number of nitrogens with two attached hydrogens (primary N) is 1. The van der Waals surface area contributed by atoms with Gasteiger partial charge in [-0.2, -0.15) is 0 Å². The van der Waals surface area contributed by atoms with E-state index in [4.69, 9.17) is 15.5 Å². The average molecular weight is 871 g/mol. The molecule has 3 amide bonds. The molecule has 7 N–H and O–H groups in total. The standard InChI is InChI=1S/C48H71N9O6/c1-34(2)33-63-25-16-45(59)51-19-7-18-50-44(58)9-5-10-46(60)57-23-21-56(22-24-57)43-28-39(27-42(30-43)53-36(4)26-35(3)49)40(29-47(61)62)32-55-20-15-37(31-55)11-13-41-14-12-38-8-6-17-52-48(38)54-41/h12,14,26-28,30,37,40H,1,5-11,13,15-25,29,31-33,49H2,2-4H3,(H,50,58)(H,51,59)(H,52,54)(H,61,62)/p+1/b35-26-,53-36?/t37?,40-/m1/s1. The maximum absolute atomic E-state index is 13.2. The van der Waals surface area contributed by atoms with Gasteiger partial charge in [-0.15, -0.1) is 0 Å². The molecule has 5 rings (SSSR count). The van der Waals surface area contributed by atoms with E-state index >= 15 is 0 Å². The molecule has 0 spiro atoms. The van der Waals surface area contributed by atoms with Crippen molar-refractivity contribution < 1.29 is 34.0 Å². The van der Waals surface area contributed by atoms with Crippen LogP contribution in [0.2, 0.25) is 0 Å². The molecule has 0 radical (unpaired) electrons. The van der Waals surface area contributed by atoms with Crippen molar-refractivity contribution >= 4 is 46.6 Å². The molecule has 63 heavy (non-hydrogen) atoms. The summed E-state index contributed by atoms with van der Waals surface area (Å²) in [6, 6.07) is 10.7. The summed E-state index contributed by atoms with van der Waals surface area (Å²) in [6.45, 7) is 17.0. The number of piperazine rings is 1. The molecule has 3 aliphatic rings. The number of benzene rings is 1. The molecule has 1 unspecified atom stereocenters. The summed E-state index contributed by atoms with van der Waals surface area (Å²) in [6.07, 6.45) is 9.11. The monoisotopic (exact) mass is 871 g/mol. The number of ether oxygens (including phenoxy) is 1. The fourth-order valence-corrected chi connectivity index (χ4v) is 8.62. The molecular formula is C48H72N9O6+. The molecule has 15 nitrogen and oxygen atoms in total. The van der Waals surface area contributed by atoms with Crippen molar-refractivity contribution in [3.05, 3.63) is 71.1 Å². The van der Waals surface area contributed by atoms with Crippen molar-refractivity contribution in [2.45, 2.75) is 97.3 Å². The van der Waals surface area contributed by atoms with Crippen molar-refractivity contribution in [3.8, 4) is 0 Å². The molecule has 344 valence electrons. The maximum Gasteiger partial charge on any atom is 0.304 e. The van der Waals surface area contributed by atoms with Crippen LogP contribution in [-0.4, -0.2) is 128 Å². The number of nitrogens with zero attached hydrogens (tertiary/aromatic N) is 4. The average Bonchev–Trinajstić information content (AvgIpc) is 3.70. The molecule has 0 bridgehead atoms. The highest BCUT2D eigenvalue weighted by molar-refractivity contribution is 5.89. The van der Waals surface area contributed by atoms with Gasteiger partial charge >= 0.3 is 5.97 Å². The summed E-state index contributed by atoms with van der Waals surface area (Å²) in [5.74, 6) is 0.362. The van der Waals surface area contributed by atoms with Crippen LogP contribution in [0.4, 0.5) is 17.2 Å². The topological polar surface area (TPSA) is 196 Å². The van der Waals surface area contributed by atoms with Crippen LogP contribution in [-0.2, 0) is 36.8 Å². The molecule has 0 aliphatic carbocycles. The number of carboxylic acids is 1. The van der Waals surface area contributed by atoms with E-state index in [-0.39, 0.29) is 42.9 Å². The number of aryl methyl sites for hydroxylation is 2. The lowest BCUT2D eigenvalue weighted by Gasteiger charge is -2.36. The zero-order valence-electron chi connectivity index (χ0n) is 37.9. The van der Waals surface area contributed by atoms with Gasteiger partial charge in [0.15, 0.2) is 5.71 Å². The number of carbonyl (C=O) groups excluding carboxylic acids is 3. The number of amides is 3. The number of carboxylic acid groups (broad SMARTS) is 1. The smallest absolute Gasteiger partial charge is 0.304 e. The fourth-order valence-electron chi connectivity index (χ4n) is 8.62. The number of aromatic nitrogens is 1. The van der Waals surface area contributed by atoms with Gasteiger partial charge in [-0.3, -0.25) is 19.2 Å². The Hall–Kier alpha value is -5.28. The van der Waals surface area contributed by atoms with Gasteiger partial charge in [0, 0.05) is 126 Å². The molecule has 4 heterocycles. The molecular weight excluding hydrogens is 799 g/mol. The van der Waals surface area contributed by atoms with Crippen molar-refractivity contribution in [1.29, 1.82) is 0 Å². The number of likely N-dealkylation sites (tertiary alicyclic amines) is 1. The predicted molar refractivity (Wildman–Crippen MR) is 248 cm³/mol. The van der Waals surface area contributed by atoms with Gasteiger partial charge < -0.3 is 46.2 Å². The summed E-state index contributed by atoms with van der Waals surface area (Å²) in [5, 5.41) is 19.3. The Bertz CT molecular complexity index is 1940. The second-order valence-corrected chi connectivity index (χ2v) is 17.6. The third kappa shape index (κ3) is 17.1. The first-order valence-corrected chi connectivity index (χ1v) is 23.0. The number of carbonyl (C=O) groups is 4. The molecule has 2 saturated heterocycles. The van der Waals surface area contributed by atoms with E-state index in [9.17, 15) is 24.3 Å². The van der Waals surface area contributed by atoms with Crippen molar-refractivity contribution in [2.75, 3.05) is 88.9 Å². The zero-order chi connectivity index (χ0) is 45.1. The second kappa shape index (κ2) is 25.1. The Labute approximate surface area is 374 Å². The highest BCUT2D eigenvalue weighted by Crippen LogP contribution is 2.32. The van der Waals surface area contributed by atoms with Gasteiger partial charge in [0.05, 0.1) is 19.6 Å². The molecule has 0 saturated carbocycles. The van der Waals surface area contributed by atoms with E-state index < -0.39 is 5.97 Å². The van der Waals surface area contributed by atoms with E-state index in [1.165, 1.54) is 5.56 Å². The minimum Gasteiger partial charge on any atom is -0.481 e. The Kier molecular flexibility index (Phi) is 19.4. The van der Waals surface area contributed by atoms with E-state index in [1.807, 2.05) is 31.7 Å². The highest BCUT2D eigenvalue weighted by atomic mass is 16.5. The van der Waals surface area contributed by atoms with Gasteiger partial charge in [-0.1, -0.05) is 18.2 Å². The lowest BCUT2D eigenvalue weighted by molar-refractivity contribution is -0.353. The van der Waals surface area contributed by atoms with E-state index in [2.05, 4.69) is 67.7 Å². The van der Waals surface area contributed by atoms with Gasteiger partial charge in [-0.05, 0) is 94.5 Å². The molecule has 15 heteroatoms. The molecule has 3 aliphatic heterocycles. The minimum atomic E-state index is -0.824. The van der Waals surface area contributed by atoms with Crippen LogP contribution in [0.1, 0.15) is 101 Å². The number of pyridine rings is 1. The second-order valence-electron chi connectivity index (χ2n) is 17.6. The number of hydrogen-bond donors (Lipinski definition) is 6. The van der Waals surface area contributed by atoms with Crippen LogP contribution >= 0.6 is 0 Å². The Morgan fingerprint density at radius 3 is 2.51 bits per heavy atom. The quantitative estimate of drug-likeness (QED) is 0.0514. The van der Waals surface area contributed by atoms with Gasteiger partial charge in [-0.25, -0.2) is 9.98 Å². The highest BCUT2D eigenvalue weighted by Gasteiger charge is 2.29. The van der Waals surface area contributed by atoms with E-state index in [0.717, 1.165) is 91.5 Å². The summed E-state index contributed by atoms with van der Waals surface area (Å²) in [4.78, 5) is 64.8. The van der Waals surface area contributed by atoms with Crippen molar-refractivity contribution in [1.82, 2.24) is 25.4 Å². The van der Waals surface area contributed by atoms with Gasteiger partial charge in [0.1, 0.15) is 5.82 Å². The Morgan fingerprint density at radius 2 is 1.78 bits per heavy atom. The third-order valence-corrected chi connectivity index (χ3v) is 11.8. The van der Waals surface area contributed by atoms with E-state index in [1.54, 1.807) is 0 Å². The van der Waals surface area contributed by atoms with Crippen molar-refractivity contribution in [2.24, 2.45) is 11.7 Å². The summed E-state index contributed by atoms with van der Waals surface area (Å²) >= 11 is 0. The molecule has 2 aromatic rings. The first kappa shape index (κ1) is 48.7. The molecule has 1 aromatic carbocycles. The van der Waals surface area contributed by atoms with Crippen LogP contribution < -0.4 is 31.6 Å². The number of fused-ring (bicyclic) bond motifs is 1. The number of anilines is 2. The molecule has 2 fully saturated rings. The van der Waals surface area contributed by atoms with Crippen molar-refractivity contribution in [3.63, 3.8) is 0 Å². The van der Waals surface area contributed by atoms with Crippen LogP contribution in [0.5, 0.6) is 0 Å². The normalized spacial score (nSPS) is 17.5. The maximum atomic E-state index is 13.2. The van der Waals surface area contributed by atoms with Crippen LogP contribution in [0.15, 0.2) is 54.3 Å². The predicted octanol–water partition coefficient (Wildman–Crippen LogP) is 3.41. The minimum absolute atomic E-state index is 0.0199. The Morgan fingerprint density at radius 1 is 1.02 bits per heavy atom. The van der Waals surface area contributed by atoms with Crippen LogP contribution in [0, 0.1) is 5.92 Å². The fraction of sp³-hybridized carbons (Fsp3) is 0.583. The lowest BCUT2D eigenvalue weighted by atomic mass is 9.93. The number of nitrogens with one attached hydrogen (secondary N) is 4. The lowest BCUT2D eigenvalue weighted by Crippen LogP contribution is -2.65.